The lowest BCUT2D eigenvalue weighted by molar-refractivity contribution is 0.269. The number of nitrogens with zero attached hydrogens (tertiary/aromatic N) is 2. The highest BCUT2D eigenvalue weighted by atomic mass is 19.1. The van der Waals surface area contributed by atoms with Crippen LogP contribution >= 0.6 is 0 Å². The van der Waals surface area contributed by atoms with Crippen LogP contribution in [0.4, 0.5) is 4.39 Å². The monoisotopic (exact) mass is 290 g/mol. The number of hydrogen-bond acceptors (Lipinski definition) is 3. The number of hydrogen-bond donors (Lipinski definition) is 1. The number of aliphatic hydroxyl groups is 1. The zero-order valence-corrected chi connectivity index (χ0v) is 12.6. The summed E-state index contributed by atoms with van der Waals surface area (Å²) in [5, 5.41) is 8.73. The first-order valence-electron chi connectivity index (χ1n) is 7.48. The third-order valence-corrected chi connectivity index (χ3v) is 3.71. The van der Waals surface area contributed by atoms with Crippen molar-refractivity contribution in [3.8, 4) is 11.8 Å². The fourth-order valence-electron chi connectivity index (χ4n) is 2.50. The van der Waals surface area contributed by atoms with E-state index < -0.39 is 0 Å². The van der Waals surface area contributed by atoms with Crippen LogP contribution in [0.5, 0.6) is 0 Å². The highest BCUT2D eigenvalue weighted by molar-refractivity contribution is 5.38. The van der Waals surface area contributed by atoms with Gasteiger partial charge in [0.2, 0.25) is 0 Å². The van der Waals surface area contributed by atoms with E-state index in [0.29, 0.717) is 12.0 Å². The van der Waals surface area contributed by atoms with Crippen molar-refractivity contribution in [1.82, 2.24) is 9.80 Å². The molecule has 0 atom stereocenters. The van der Waals surface area contributed by atoms with Gasteiger partial charge in [-0.3, -0.25) is 4.90 Å². The van der Waals surface area contributed by atoms with E-state index in [-0.39, 0.29) is 12.4 Å². The zero-order chi connectivity index (χ0) is 15.1. The van der Waals surface area contributed by atoms with Gasteiger partial charge in [-0.1, -0.05) is 17.9 Å². The van der Waals surface area contributed by atoms with Crippen LogP contribution in [0.2, 0.25) is 0 Å². The second-order valence-electron chi connectivity index (χ2n) is 5.52. The molecule has 0 bridgehead atoms. The summed E-state index contributed by atoms with van der Waals surface area (Å²) < 4.78 is 13.7. The lowest BCUT2D eigenvalue weighted by atomic mass is 10.1. The molecule has 2 rings (SSSR count). The molecule has 1 aromatic carbocycles. The maximum absolute atomic E-state index is 13.7. The second-order valence-corrected chi connectivity index (χ2v) is 5.52. The van der Waals surface area contributed by atoms with Gasteiger partial charge in [0.25, 0.3) is 0 Å². The number of aliphatic hydroxyl groups excluding tert-OH is 1. The minimum absolute atomic E-state index is 0.00953. The van der Waals surface area contributed by atoms with Gasteiger partial charge in [0.1, 0.15) is 5.82 Å². The average Bonchev–Trinajstić information content (AvgIpc) is 2.67. The summed E-state index contributed by atoms with van der Waals surface area (Å²) in [6, 6.07) is 5.15. The fourth-order valence-corrected chi connectivity index (χ4v) is 2.50. The van der Waals surface area contributed by atoms with Crippen molar-refractivity contribution in [3.05, 3.63) is 35.1 Å². The smallest absolute Gasteiger partial charge is 0.138 e. The van der Waals surface area contributed by atoms with E-state index >= 15 is 0 Å². The minimum Gasteiger partial charge on any atom is -0.395 e. The molecule has 0 unspecified atom stereocenters. The summed E-state index contributed by atoms with van der Waals surface area (Å²) in [5.41, 5.74) is 1.52. The predicted octanol–water partition coefficient (Wildman–Crippen LogP) is 1.70. The molecule has 1 N–H and O–H groups in total. The molecule has 0 spiro atoms. The third-order valence-electron chi connectivity index (χ3n) is 3.71. The molecule has 1 aliphatic rings. The predicted molar refractivity (Wildman–Crippen MR) is 82.4 cm³/mol. The molecule has 1 fully saturated rings. The van der Waals surface area contributed by atoms with E-state index in [1.54, 1.807) is 0 Å². The van der Waals surface area contributed by atoms with Gasteiger partial charge in [0.05, 0.1) is 12.2 Å². The minimum atomic E-state index is -0.292. The lowest BCUT2D eigenvalue weighted by Crippen LogP contribution is -2.28. The molecule has 1 heterocycles. The topological polar surface area (TPSA) is 26.7 Å². The summed E-state index contributed by atoms with van der Waals surface area (Å²) in [7, 11) is 2.15. The standard InChI is InChI=1S/C17H23FN2O/c1-19-8-4-9-20(11-10-19)14-15-6-7-17(18)16(13-15)5-2-3-12-21/h6-7,13,21H,3-4,8-12,14H2,1H3. The average molecular weight is 290 g/mol. The number of benzene rings is 1. The van der Waals surface area contributed by atoms with E-state index in [1.807, 2.05) is 12.1 Å². The Kier molecular flexibility index (Phi) is 6.19. The molecular weight excluding hydrogens is 267 g/mol. The normalized spacial score (nSPS) is 17.1. The maximum atomic E-state index is 13.7. The molecule has 0 aliphatic carbocycles. The van der Waals surface area contributed by atoms with Gasteiger partial charge in [-0.05, 0) is 44.3 Å². The lowest BCUT2D eigenvalue weighted by Gasteiger charge is -2.20. The van der Waals surface area contributed by atoms with Crippen molar-refractivity contribution >= 4 is 0 Å². The summed E-state index contributed by atoms with van der Waals surface area (Å²) in [6.07, 6.45) is 1.54. The first-order chi connectivity index (χ1) is 10.2. The Labute approximate surface area is 126 Å². The van der Waals surface area contributed by atoms with Gasteiger partial charge in [0, 0.05) is 26.1 Å². The molecule has 1 aromatic rings. The van der Waals surface area contributed by atoms with E-state index in [0.717, 1.165) is 38.3 Å². The quantitative estimate of drug-likeness (QED) is 0.858. The number of likely N-dealkylation sites (N-methyl/N-ethyl adjacent to an activating group) is 1. The fraction of sp³-hybridized carbons (Fsp3) is 0.529. The van der Waals surface area contributed by atoms with Crippen molar-refractivity contribution in [1.29, 1.82) is 0 Å². The van der Waals surface area contributed by atoms with E-state index in [1.165, 1.54) is 12.5 Å². The van der Waals surface area contributed by atoms with E-state index in [2.05, 4.69) is 28.7 Å². The van der Waals surface area contributed by atoms with Crippen LogP contribution in [0, 0.1) is 17.7 Å². The Hall–Kier alpha value is -1.41. The highest BCUT2D eigenvalue weighted by Crippen LogP contribution is 2.13. The van der Waals surface area contributed by atoms with Crippen LogP contribution in [0.25, 0.3) is 0 Å². The Bertz CT molecular complexity index is 521. The molecule has 4 heteroatoms. The maximum Gasteiger partial charge on any atom is 0.138 e. The molecule has 114 valence electrons. The molecule has 0 aromatic heterocycles. The Morgan fingerprint density at radius 3 is 2.90 bits per heavy atom. The number of rotatable bonds is 3. The van der Waals surface area contributed by atoms with Crippen LogP contribution in [-0.4, -0.2) is 54.7 Å². The summed E-state index contributed by atoms with van der Waals surface area (Å²) >= 11 is 0. The largest absolute Gasteiger partial charge is 0.395 e. The van der Waals surface area contributed by atoms with Crippen LogP contribution < -0.4 is 0 Å². The highest BCUT2D eigenvalue weighted by Gasteiger charge is 2.12. The Morgan fingerprint density at radius 1 is 1.24 bits per heavy atom. The first kappa shape index (κ1) is 16.0. The molecule has 21 heavy (non-hydrogen) atoms. The molecule has 1 aliphatic heterocycles. The van der Waals surface area contributed by atoms with Crippen LogP contribution in [0.1, 0.15) is 24.0 Å². The van der Waals surface area contributed by atoms with Crippen molar-refractivity contribution in [2.24, 2.45) is 0 Å². The van der Waals surface area contributed by atoms with Gasteiger partial charge >= 0.3 is 0 Å². The van der Waals surface area contributed by atoms with Gasteiger partial charge in [-0.25, -0.2) is 4.39 Å². The number of halogens is 1. The Morgan fingerprint density at radius 2 is 2.10 bits per heavy atom. The zero-order valence-electron chi connectivity index (χ0n) is 12.6. The molecule has 1 saturated heterocycles. The Balaban J connectivity index is 2.03. The van der Waals surface area contributed by atoms with Gasteiger partial charge < -0.3 is 10.0 Å². The first-order valence-corrected chi connectivity index (χ1v) is 7.48. The van der Waals surface area contributed by atoms with E-state index in [4.69, 9.17) is 5.11 Å². The summed E-state index contributed by atoms with van der Waals surface area (Å²) in [6.45, 7) is 5.17. The van der Waals surface area contributed by atoms with Crippen LogP contribution in [0.3, 0.4) is 0 Å². The van der Waals surface area contributed by atoms with Gasteiger partial charge in [-0.15, -0.1) is 0 Å². The summed E-state index contributed by atoms with van der Waals surface area (Å²) in [4.78, 5) is 4.75. The molecule has 3 nitrogen and oxygen atoms in total. The third kappa shape index (κ3) is 5.13. The SMILES string of the molecule is CN1CCCN(Cc2ccc(F)c(C#CCCO)c2)CC1. The molecule has 0 radical (unpaired) electrons. The van der Waals surface area contributed by atoms with Crippen molar-refractivity contribution < 1.29 is 9.50 Å². The van der Waals surface area contributed by atoms with Crippen molar-refractivity contribution in [2.75, 3.05) is 39.8 Å². The van der Waals surface area contributed by atoms with Gasteiger partial charge in [-0.2, -0.15) is 0 Å². The van der Waals surface area contributed by atoms with Crippen molar-refractivity contribution in [2.45, 2.75) is 19.4 Å². The van der Waals surface area contributed by atoms with Crippen molar-refractivity contribution in [3.63, 3.8) is 0 Å². The molecular formula is C17H23FN2O. The van der Waals surface area contributed by atoms with Crippen LogP contribution in [0.15, 0.2) is 18.2 Å². The molecule has 0 saturated carbocycles. The molecule has 0 amide bonds. The van der Waals surface area contributed by atoms with E-state index in [9.17, 15) is 4.39 Å². The van der Waals surface area contributed by atoms with Crippen LogP contribution in [-0.2, 0) is 6.54 Å². The van der Waals surface area contributed by atoms with Gasteiger partial charge in [0.15, 0.2) is 0 Å². The second kappa shape index (κ2) is 8.14. The summed E-state index contributed by atoms with van der Waals surface area (Å²) in [5.74, 6) is 5.29.